The average molecular weight is 395 g/mol. The van der Waals surface area contributed by atoms with Gasteiger partial charge in [-0.25, -0.2) is 13.9 Å². The van der Waals surface area contributed by atoms with Crippen LogP contribution in [-0.2, 0) is 13.1 Å². The van der Waals surface area contributed by atoms with Gasteiger partial charge in [0.25, 0.3) is 5.91 Å². The molecule has 0 N–H and O–H groups in total. The molecular formula is C21H22FN5O2. The van der Waals surface area contributed by atoms with E-state index < -0.39 is 17.8 Å². The van der Waals surface area contributed by atoms with Gasteiger partial charge in [-0.05, 0) is 17.5 Å². The van der Waals surface area contributed by atoms with Crippen LogP contribution in [0, 0.1) is 11.7 Å². The van der Waals surface area contributed by atoms with Crippen molar-refractivity contribution >= 4 is 5.91 Å². The minimum atomic E-state index is -0.669. The quantitative estimate of drug-likeness (QED) is 0.680. The van der Waals surface area contributed by atoms with Crippen LogP contribution < -0.4 is 5.69 Å². The van der Waals surface area contributed by atoms with E-state index in [2.05, 4.69) is 10.1 Å². The highest BCUT2D eigenvalue weighted by molar-refractivity contribution is 5.95. The fourth-order valence-corrected chi connectivity index (χ4v) is 3.70. The molecule has 3 heterocycles. The third-order valence-corrected chi connectivity index (χ3v) is 4.99. The van der Waals surface area contributed by atoms with Crippen LogP contribution >= 0.6 is 0 Å². The Labute approximate surface area is 167 Å². The minimum absolute atomic E-state index is 0.0432. The molecule has 1 atom stereocenters. The van der Waals surface area contributed by atoms with Gasteiger partial charge in [0.1, 0.15) is 6.04 Å². The first kappa shape index (κ1) is 19.0. The molecule has 1 aliphatic heterocycles. The second-order valence-corrected chi connectivity index (χ2v) is 7.54. The zero-order valence-electron chi connectivity index (χ0n) is 16.3. The lowest BCUT2D eigenvalue weighted by Crippen LogP contribution is -2.45. The van der Waals surface area contributed by atoms with Crippen LogP contribution in [0.4, 0.5) is 4.39 Å². The third kappa shape index (κ3) is 3.46. The van der Waals surface area contributed by atoms with E-state index in [4.69, 9.17) is 0 Å². The molecule has 4 rings (SSSR count). The lowest BCUT2D eigenvalue weighted by Gasteiger charge is -2.35. The summed E-state index contributed by atoms with van der Waals surface area (Å²) in [6, 6.07) is 10.2. The first-order valence-electron chi connectivity index (χ1n) is 9.60. The van der Waals surface area contributed by atoms with E-state index in [-0.39, 0.29) is 23.7 Å². The summed E-state index contributed by atoms with van der Waals surface area (Å²) in [4.78, 5) is 31.3. The van der Waals surface area contributed by atoms with Crippen LogP contribution in [0.1, 0.15) is 41.6 Å². The summed E-state index contributed by atoms with van der Waals surface area (Å²) >= 11 is 0. The van der Waals surface area contributed by atoms with Gasteiger partial charge in [0.05, 0.1) is 11.8 Å². The van der Waals surface area contributed by atoms with Crippen molar-refractivity contribution in [2.45, 2.75) is 33.0 Å². The molecule has 0 radical (unpaired) electrons. The van der Waals surface area contributed by atoms with E-state index in [0.717, 1.165) is 11.8 Å². The summed E-state index contributed by atoms with van der Waals surface area (Å²) in [7, 11) is 0. The van der Waals surface area contributed by atoms with Crippen molar-refractivity contribution in [1.29, 1.82) is 0 Å². The molecule has 0 saturated carbocycles. The standard InChI is InChI=1S/C21H22FN5O2/c1-14(2)13-27-21(29)26-11-10-25(20(28)16-8-9-23-12-17(16)22)18(19(26)24-27)15-6-4-3-5-7-15/h3-9,12,14,18H,10-11,13H2,1-2H3. The highest BCUT2D eigenvalue weighted by Crippen LogP contribution is 2.31. The predicted molar refractivity (Wildman–Crippen MR) is 105 cm³/mol. The number of carbonyl (C=O) groups is 1. The molecule has 0 aliphatic carbocycles. The zero-order valence-corrected chi connectivity index (χ0v) is 16.3. The molecule has 0 fully saturated rings. The molecule has 8 heteroatoms. The van der Waals surface area contributed by atoms with Crippen LogP contribution in [0.2, 0.25) is 0 Å². The Balaban J connectivity index is 1.83. The van der Waals surface area contributed by atoms with Crippen LogP contribution in [0.5, 0.6) is 0 Å². The lowest BCUT2D eigenvalue weighted by molar-refractivity contribution is 0.0652. The number of halogens is 1. The summed E-state index contributed by atoms with van der Waals surface area (Å²) in [6.07, 6.45) is 2.42. The number of hydrogen-bond donors (Lipinski definition) is 0. The van der Waals surface area contributed by atoms with Crippen molar-refractivity contribution in [2.75, 3.05) is 6.54 Å². The zero-order chi connectivity index (χ0) is 20.5. The van der Waals surface area contributed by atoms with Crippen LogP contribution in [0.25, 0.3) is 0 Å². The summed E-state index contributed by atoms with van der Waals surface area (Å²) in [6.45, 7) is 5.12. The number of benzene rings is 1. The molecule has 1 aromatic carbocycles. The highest BCUT2D eigenvalue weighted by atomic mass is 19.1. The molecule has 1 unspecified atom stereocenters. The van der Waals surface area contributed by atoms with Gasteiger partial charge >= 0.3 is 5.69 Å². The maximum absolute atomic E-state index is 14.2. The first-order chi connectivity index (χ1) is 14.0. The van der Waals surface area contributed by atoms with Crippen LogP contribution in [-0.4, -0.2) is 36.7 Å². The van der Waals surface area contributed by atoms with Crippen LogP contribution in [0.15, 0.2) is 53.6 Å². The van der Waals surface area contributed by atoms with Crippen molar-refractivity contribution in [1.82, 2.24) is 24.2 Å². The Kier molecular flexibility index (Phi) is 5.00. The van der Waals surface area contributed by atoms with E-state index in [1.165, 1.54) is 16.9 Å². The van der Waals surface area contributed by atoms with Gasteiger partial charge in [-0.2, -0.15) is 5.10 Å². The highest BCUT2D eigenvalue weighted by Gasteiger charge is 2.37. The molecule has 29 heavy (non-hydrogen) atoms. The monoisotopic (exact) mass is 395 g/mol. The molecule has 2 aromatic heterocycles. The fourth-order valence-electron chi connectivity index (χ4n) is 3.70. The van der Waals surface area contributed by atoms with Gasteiger partial charge < -0.3 is 4.90 Å². The van der Waals surface area contributed by atoms with Gasteiger partial charge in [0.15, 0.2) is 11.6 Å². The van der Waals surface area contributed by atoms with E-state index in [1.807, 2.05) is 44.2 Å². The Morgan fingerprint density at radius 2 is 1.97 bits per heavy atom. The van der Waals surface area contributed by atoms with Crippen molar-refractivity contribution in [3.05, 3.63) is 82.0 Å². The number of hydrogen-bond acceptors (Lipinski definition) is 4. The number of aromatic nitrogens is 4. The number of amides is 1. The molecule has 0 saturated heterocycles. The van der Waals surface area contributed by atoms with E-state index in [1.54, 1.807) is 9.47 Å². The van der Waals surface area contributed by atoms with Crippen molar-refractivity contribution < 1.29 is 9.18 Å². The smallest absolute Gasteiger partial charge is 0.322 e. The van der Waals surface area contributed by atoms with Crippen LogP contribution in [0.3, 0.4) is 0 Å². The first-order valence-corrected chi connectivity index (χ1v) is 9.60. The van der Waals surface area contributed by atoms with Gasteiger partial charge in [-0.15, -0.1) is 0 Å². The average Bonchev–Trinajstić information content (AvgIpc) is 3.02. The summed E-state index contributed by atoms with van der Waals surface area (Å²) in [5.74, 6) is -0.368. The summed E-state index contributed by atoms with van der Waals surface area (Å²) < 4.78 is 17.3. The Hall–Kier alpha value is -3.29. The number of carbonyl (C=O) groups excluding carboxylic acids is 1. The molecule has 3 aromatic rings. The molecular weight excluding hydrogens is 373 g/mol. The molecule has 0 spiro atoms. The lowest BCUT2D eigenvalue weighted by atomic mass is 10.0. The molecule has 7 nitrogen and oxygen atoms in total. The fraction of sp³-hybridized carbons (Fsp3) is 0.333. The number of rotatable bonds is 4. The number of pyridine rings is 1. The number of fused-ring (bicyclic) bond motifs is 1. The van der Waals surface area contributed by atoms with Crippen molar-refractivity contribution in [2.24, 2.45) is 5.92 Å². The number of nitrogens with zero attached hydrogens (tertiary/aromatic N) is 5. The maximum atomic E-state index is 14.2. The van der Waals surface area contributed by atoms with E-state index in [0.29, 0.717) is 18.9 Å². The van der Waals surface area contributed by atoms with Gasteiger partial charge in [0.2, 0.25) is 0 Å². The predicted octanol–water partition coefficient (Wildman–Crippen LogP) is 2.48. The molecule has 150 valence electrons. The van der Waals surface area contributed by atoms with E-state index >= 15 is 0 Å². The maximum Gasteiger partial charge on any atom is 0.346 e. The summed E-state index contributed by atoms with van der Waals surface area (Å²) in [5, 5.41) is 4.56. The second kappa shape index (κ2) is 7.62. The topological polar surface area (TPSA) is 73.0 Å². The largest absolute Gasteiger partial charge is 0.346 e. The Morgan fingerprint density at radius 3 is 2.66 bits per heavy atom. The van der Waals surface area contributed by atoms with Crippen molar-refractivity contribution in [3.8, 4) is 0 Å². The minimum Gasteiger partial charge on any atom is -0.322 e. The van der Waals surface area contributed by atoms with Gasteiger partial charge in [-0.1, -0.05) is 44.2 Å². The second-order valence-electron chi connectivity index (χ2n) is 7.54. The molecule has 1 aliphatic rings. The van der Waals surface area contributed by atoms with Crippen molar-refractivity contribution in [3.63, 3.8) is 0 Å². The Morgan fingerprint density at radius 1 is 1.21 bits per heavy atom. The normalized spacial score (nSPS) is 16.1. The summed E-state index contributed by atoms with van der Waals surface area (Å²) in [5.41, 5.74) is 0.591. The van der Waals surface area contributed by atoms with Gasteiger partial charge in [-0.3, -0.25) is 14.3 Å². The third-order valence-electron chi connectivity index (χ3n) is 4.99. The SMILES string of the molecule is CC(C)Cn1nc2n(c1=O)CCN(C(=O)c1ccncc1F)C2c1ccccc1. The van der Waals surface area contributed by atoms with Gasteiger partial charge in [0, 0.05) is 25.8 Å². The van der Waals surface area contributed by atoms with E-state index in [9.17, 15) is 14.0 Å². The molecule has 0 bridgehead atoms. The Bertz CT molecular complexity index is 1090. The molecule has 1 amide bonds.